The number of carbonyl (C=O) groups excluding carboxylic acids is 3. The molecule has 0 fully saturated rings. The van der Waals surface area contributed by atoms with E-state index in [1.807, 2.05) is 122 Å². The summed E-state index contributed by atoms with van der Waals surface area (Å²) in [6.45, 7) is 14.9. The lowest BCUT2D eigenvalue weighted by molar-refractivity contribution is -0.157. The van der Waals surface area contributed by atoms with Crippen LogP contribution in [0.25, 0.3) is 11.1 Å². The van der Waals surface area contributed by atoms with Gasteiger partial charge in [-0.3, -0.25) is 9.59 Å². The third-order valence-electron chi connectivity index (χ3n) is 10.2. The van der Waals surface area contributed by atoms with E-state index >= 15 is 4.79 Å². The minimum absolute atomic E-state index is 0.267. The standard InChI is InChI=1S/C47H56N2O8Si/c1-9-30-48(31-29-34-25-27-36(28-26-34)35-19-13-10-14-20-35)43(51)42-41(49(33(2)50)45(54)56-46(3,4)5)39(32-40(55-42)44(52)53)57-58(47(6,7)8,37-21-15-11-16-22-37)38-23-17-12-18-24-38/h10-28,32,39,41-42H,9,29-31H2,1-8H3,(H,52,53)/t39-,41+,42-/m1/s1. The summed E-state index contributed by atoms with van der Waals surface area (Å²) in [4.78, 5) is 58.4. The number of carboxylic acid groups (broad SMARTS) is 1. The average Bonchev–Trinajstić information content (AvgIpc) is 3.18. The highest BCUT2D eigenvalue weighted by molar-refractivity contribution is 6.99. The number of carboxylic acids is 1. The molecule has 0 bridgehead atoms. The van der Waals surface area contributed by atoms with E-state index in [2.05, 4.69) is 20.8 Å². The van der Waals surface area contributed by atoms with Crippen LogP contribution in [0.4, 0.5) is 4.79 Å². The van der Waals surface area contributed by atoms with Crippen LogP contribution in [-0.2, 0) is 34.7 Å². The summed E-state index contributed by atoms with van der Waals surface area (Å²) < 4.78 is 19.4. The SMILES string of the molecule is CCCN(CCc1ccc(-c2ccccc2)cc1)C(=O)[C@@H]1OC(C(=O)O)=C[C@@H](O[Si](c2ccccc2)(c2ccccc2)C(C)(C)C)[C@@H]1N(C(C)=O)C(=O)OC(C)(C)C. The maximum atomic E-state index is 15.1. The minimum atomic E-state index is -3.51. The molecule has 0 radical (unpaired) electrons. The van der Waals surface area contributed by atoms with Crippen molar-refractivity contribution in [2.75, 3.05) is 13.1 Å². The topological polar surface area (TPSA) is 123 Å². The van der Waals surface area contributed by atoms with Gasteiger partial charge in [-0.15, -0.1) is 0 Å². The van der Waals surface area contributed by atoms with Gasteiger partial charge in [-0.2, -0.15) is 0 Å². The van der Waals surface area contributed by atoms with Gasteiger partial charge >= 0.3 is 12.1 Å². The van der Waals surface area contributed by atoms with Gasteiger partial charge < -0.3 is 23.9 Å². The number of amides is 3. The fourth-order valence-electron chi connectivity index (χ4n) is 7.58. The Morgan fingerprint density at radius 1 is 0.741 bits per heavy atom. The van der Waals surface area contributed by atoms with E-state index in [9.17, 15) is 19.5 Å². The van der Waals surface area contributed by atoms with Crippen molar-refractivity contribution >= 4 is 42.6 Å². The van der Waals surface area contributed by atoms with Crippen LogP contribution in [0.1, 0.15) is 67.4 Å². The first kappa shape index (κ1) is 43.6. The fourth-order valence-corrected chi connectivity index (χ4v) is 12.2. The predicted molar refractivity (Wildman–Crippen MR) is 228 cm³/mol. The van der Waals surface area contributed by atoms with Gasteiger partial charge in [0.05, 0.1) is 6.10 Å². The second-order valence-corrected chi connectivity index (χ2v) is 20.9. The van der Waals surface area contributed by atoms with E-state index in [0.717, 1.165) is 32.0 Å². The Hall–Kier alpha value is -5.52. The molecule has 1 heterocycles. The van der Waals surface area contributed by atoms with Gasteiger partial charge in [-0.1, -0.05) is 143 Å². The summed E-state index contributed by atoms with van der Waals surface area (Å²) in [6.07, 6.45) is -1.61. The Balaban J connectivity index is 1.64. The number of carbonyl (C=O) groups is 4. The van der Waals surface area contributed by atoms with Crippen molar-refractivity contribution < 1.29 is 38.2 Å². The number of rotatable bonds is 13. The zero-order chi connectivity index (χ0) is 42.3. The van der Waals surface area contributed by atoms with Crippen LogP contribution in [0.3, 0.4) is 0 Å². The molecule has 0 aliphatic carbocycles. The quantitative estimate of drug-likeness (QED) is 0.137. The second kappa shape index (κ2) is 18.4. The minimum Gasteiger partial charge on any atom is -0.475 e. The van der Waals surface area contributed by atoms with E-state index in [-0.39, 0.29) is 6.54 Å². The molecular weight excluding hydrogens is 749 g/mol. The van der Waals surface area contributed by atoms with Crippen LogP contribution in [-0.4, -0.2) is 84.0 Å². The number of nitrogens with zero attached hydrogens (tertiary/aromatic N) is 2. The maximum Gasteiger partial charge on any atom is 0.417 e. The van der Waals surface area contributed by atoms with Crippen molar-refractivity contribution in [2.24, 2.45) is 0 Å². The van der Waals surface area contributed by atoms with E-state index in [1.54, 1.807) is 25.7 Å². The van der Waals surface area contributed by atoms with E-state index in [1.165, 1.54) is 13.0 Å². The highest BCUT2D eigenvalue weighted by atomic mass is 28.4. The van der Waals surface area contributed by atoms with Crippen LogP contribution < -0.4 is 10.4 Å². The largest absolute Gasteiger partial charge is 0.475 e. The third kappa shape index (κ3) is 9.94. The van der Waals surface area contributed by atoms with Gasteiger partial charge in [0.15, 0.2) is 0 Å². The van der Waals surface area contributed by atoms with Crippen molar-refractivity contribution in [1.29, 1.82) is 0 Å². The van der Waals surface area contributed by atoms with Crippen molar-refractivity contribution in [2.45, 2.75) is 97.1 Å². The van der Waals surface area contributed by atoms with Crippen LogP contribution >= 0.6 is 0 Å². The first-order valence-corrected chi connectivity index (χ1v) is 21.7. The van der Waals surface area contributed by atoms with Crippen LogP contribution in [0.15, 0.2) is 127 Å². The molecule has 11 heteroatoms. The van der Waals surface area contributed by atoms with Crippen molar-refractivity contribution in [1.82, 2.24) is 9.80 Å². The second-order valence-electron chi connectivity index (χ2n) is 16.6. The summed E-state index contributed by atoms with van der Waals surface area (Å²) >= 11 is 0. The molecule has 0 saturated heterocycles. The molecule has 5 rings (SSSR count). The van der Waals surface area contributed by atoms with Crippen molar-refractivity contribution in [3.8, 4) is 11.1 Å². The Bertz CT molecular complexity index is 2020. The first-order valence-electron chi connectivity index (χ1n) is 19.8. The lowest BCUT2D eigenvalue weighted by Gasteiger charge is -2.49. The monoisotopic (exact) mass is 804 g/mol. The molecule has 3 atom stereocenters. The average molecular weight is 805 g/mol. The number of hydrogen-bond donors (Lipinski definition) is 1. The molecule has 1 N–H and O–H groups in total. The van der Waals surface area contributed by atoms with Gasteiger partial charge in [0.25, 0.3) is 14.2 Å². The van der Waals surface area contributed by atoms with Gasteiger partial charge in [0, 0.05) is 20.0 Å². The lowest BCUT2D eigenvalue weighted by atomic mass is 9.97. The fraction of sp³-hybridized carbons (Fsp3) is 0.362. The normalized spacial score (nSPS) is 17.0. The Labute approximate surface area is 343 Å². The molecule has 0 saturated carbocycles. The summed E-state index contributed by atoms with van der Waals surface area (Å²) in [7, 11) is -3.51. The van der Waals surface area contributed by atoms with Gasteiger partial charge in [0.1, 0.15) is 11.6 Å². The Kier molecular flexibility index (Phi) is 13.8. The summed E-state index contributed by atoms with van der Waals surface area (Å²) in [6, 6.07) is 36.1. The number of imide groups is 1. The van der Waals surface area contributed by atoms with Gasteiger partial charge in [-0.05, 0) is 71.8 Å². The highest BCUT2D eigenvalue weighted by Gasteiger charge is 2.57. The molecule has 58 heavy (non-hydrogen) atoms. The van der Waals surface area contributed by atoms with Crippen molar-refractivity contribution in [3.63, 3.8) is 0 Å². The van der Waals surface area contributed by atoms with Gasteiger partial charge in [-0.25, -0.2) is 14.5 Å². The molecule has 1 aliphatic heterocycles. The molecule has 10 nitrogen and oxygen atoms in total. The first-order chi connectivity index (χ1) is 27.5. The number of aliphatic carboxylic acids is 1. The molecule has 0 aromatic heterocycles. The lowest BCUT2D eigenvalue weighted by Crippen LogP contribution is -2.71. The van der Waals surface area contributed by atoms with Crippen LogP contribution in [0.2, 0.25) is 5.04 Å². The van der Waals surface area contributed by atoms with Crippen LogP contribution in [0, 0.1) is 0 Å². The maximum absolute atomic E-state index is 15.1. The van der Waals surface area contributed by atoms with E-state index < -0.39 is 66.8 Å². The Morgan fingerprint density at radius 2 is 1.26 bits per heavy atom. The van der Waals surface area contributed by atoms with E-state index in [4.69, 9.17) is 13.9 Å². The van der Waals surface area contributed by atoms with Crippen molar-refractivity contribution in [3.05, 3.63) is 133 Å². The summed E-state index contributed by atoms with van der Waals surface area (Å²) in [5.74, 6) is -3.23. The molecule has 3 amide bonds. The smallest absolute Gasteiger partial charge is 0.417 e. The molecular formula is C47H56N2O8Si. The van der Waals surface area contributed by atoms with Gasteiger partial charge in [0.2, 0.25) is 17.8 Å². The highest BCUT2D eigenvalue weighted by Crippen LogP contribution is 2.40. The third-order valence-corrected chi connectivity index (χ3v) is 15.2. The zero-order valence-electron chi connectivity index (χ0n) is 34.8. The number of ether oxygens (including phenoxy) is 2. The molecule has 306 valence electrons. The molecule has 4 aromatic rings. The number of hydrogen-bond acceptors (Lipinski definition) is 7. The molecule has 4 aromatic carbocycles. The molecule has 0 spiro atoms. The summed E-state index contributed by atoms with van der Waals surface area (Å²) in [5, 5.41) is 11.7. The van der Waals surface area contributed by atoms with Crippen LogP contribution in [0.5, 0.6) is 0 Å². The Morgan fingerprint density at radius 3 is 1.72 bits per heavy atom. The summed E-state index contributed by atoms with van der Waals surface area (Å²) in [5.41, 5.74) is 2.14. The number of benzene rings is 4. The molecule has 1 aliphatic rings. The molecule has 0 unspecified atom stereocenters. The predicted octanol–water partition coefficient (Wildman–Crippen LogP) is 7.60. The zero-order valence-corrected chi connectivity index (χ0v) is 35.8. The van der Waals surface area contributed by atoms with E-state index in [0.29, 0.717) is 19.4 Å².